The zero-order valence-corrected chi connectivity index (χ0v) is 16.0. The summed E-state index contributed by atoms with van der Waals surface area (Å²) in [5.74, 6) is 0. The zero-order valence-electron chi connectivity index (χ0n) is 16.0. The molecule has 2 aromatic carbocycles. The molecular weight excluding hydrogens is 300 g/mol. The van der Waals surface area contributed by atoms with Crippen molar-refractivity contribution in [3.05, 3.63) is 64.7 Å². The Morgan fingerprint density at radius 3 is 2.32 bits per heavy atom. The van der Waals surface area contributed by atoms with Crippen LogP contribution >= 0.6 is 0 Å². The Morgan fingerprint density at radius 1 is 0.760 bits per heavy atom. The molecule has 0 unspecified atom stereocenters. The molecule has 0 bridgehead atoms. The van der Waals surface area contributed by atoms with Crippen LogP contribution in [0.4, 0.5) is 0 Å². The summed E-state index contributed by atoms with van der Waals surface area (Å²) in [7, 11) is 0. The Kier molecular flexibility index (Phi) is 6.50. The van der Waals surface area contributed by atoms with E-state index in [2.05, 4.69) is 62.4 Å². The molecule has 0 atom stereocenters. The van der Waals surface area contributed by atoms with Gasteiger partial charge in [0.05, 0.1) is 0 Å². The maximum absolute atomic E-state index is 2.46. The van der Waals surface area contributed by atoms with Crippen molar-refractivity contribution in [1.29, 1.82) is 0 Å². The van der Waals surface area contributed by atoms with Crippen molar-refractivity contribution in [1.82, 2.24) is 0 Å². The molecule has 0 spiro atoms. The molecule has 0 saturated carbocycles. The van der Waals surface area contributed by atoms with E-state index in [1.807, 2.05) is 0 Å². The highest BCUT2D eigenvalue weighted by Crippen LogP contribution is 2.35. The van der Waals surface area contributed by atoms with Crippen molar-refractivity contribution >= 4 is 6.08 Å². The van der Waals surface area contributed by atoms with Gasteiger partial charge in [0.25, 0.3) is 0 Å². The first kappa shape index (κ1) is 18.0. The fraction of sp³-hybridized carbons (Fsp3) is 0.440. The van der Waals surface area contributed by atoms with Gasteiger partial charge < -0.3 is 0 Å². The number of fused-ring (bicyclic) bond motifs is 1. The number of allylic oxidation sites excluding steroid dienone is 1. The van der Waals surface area contributed by atoms with Crippen LogP contribution in [0.25, 0.3) is 17.2 Å². The van der Waals surface area contributed by atoms with Crippen LogP contribution < -0.4 is 0 Å². The molecule has 0 aromatic heterocycles. The summed E-state index contributed by atoms with van der Waals surface area (Å²) < 4.78 is 0. The van der Waals surface area contributed by atoms with Crippen LogP contribution in [-0.4, -0.2) is 0 Å². The van der Waals surface area contributed by atoms with Crippen molar-refractivity contribution in [2.24, 2.45) is 0 Å². The zero-order chi connectivity index (χ0) is 17.5. The van der Waals surface area contributed by atoms with Crippen LogP contribution in [0.15, 0.2) is 48.0 Å². The predicted octanol–water partition coefficient (Wildman–Crippen LogP) is 7.61. The highest BCUT2D eigenvalue weighted by Gasteiger charge is 2.16. The van der Waals surface area contributed by atoms with Gasteiger partial charge in [-0.05, 0) is 59.9 Å². The minimum absolute atomic E-state index is 1.15. The second-order valence-corrected chi connectivity index (χ2v) is 7.47. The lowest BCUT2D eigenvalue weighted by atomic mass is 9.95. The first-order chi connectivity index (χ1) is 12.3. The number of hydrogen-bond donors (Lipinski definition) is 0. The van der Waals surface area contributed by atoms with E-state index >= 15 is 0 Å². The van der Waals surface area contributed by atoms with Gasteiger partial charge in [0.15, 0.2) is 0 Å². The van der Waals surface area contributed by atoms with E-state index in [-0.39, 0.29) is 0 Å². The molecule has 2 aromatic rings. The van der Waals surface area contributed by atoms with Crippen molar-refractivity contribution in [3.8, 4) is 11.1 Å². The van der Waals surface area contributed by atoms with Crippen molar-refractivity contribution in [2.75, 3.05) is 0 Å². The summed E-state index contributed by atoms with van der Waals surface area (Å²) in [6.45, 7) is 4.55. The molecule has 0 amide bonds. The largest absolute Gasteiger partial charge is 0.0654 e. The van der Waals surface area contributed by atoms with Crippen LogP contribution in [-0.2, 0) is 12.8 Å². The van der Waals surface area contributed by atoms with Gasteiger partial charge in [-0.3, -0.25) is 0 Å². The fourth-order valence-corrected chi connectivity index (χ4v) is 3.86. The molecule has 132 valence electrons. The maximum Gasteiger partial charge on any atom is -0.00576 e. The number of aryl methyl sites for hydroxylation is 1. The van der Waals surface area contributed by atoms with Crippen molar-refractivity contribution < 1.29 is 0 Å². The fourth-order valence-electron chi connectivity index (χ4n) is 3.86. The third-order valence-electron chi connectivity index (χ3n) is 5.40. The number of unbranched alkanes of at least 4 members (excludes halogenated alkanes) is 4. The molecule has 0 nitrogen and oxygen atoms in total. The van der Waals surface area contributed by atoms with E-state index in [9.17, 15) is 0 Å². The lowest BCUT2D eigenvalue weighted by Crippen LogP contribution is -1.89. The van der Waals surface area contributed by atoms with Gasteiger partial charge in [0.2, 0.25) is 0 Å². The standard InChI is InChI=1S/C25H32/c1-3-5-7-8-11-20-14-16-22(17-15-20)24-13-9-12-23-18-21(10-6-4-2)19-25(23)24/h9,12-17,19H,3-8,10-11,18H2,1-2H3. The first-order valence-corrected chi connectivity index (χ1v) is 10.2. The van der Waals surface area contributed by atoms with Gasteiger partial charge >= 0.3 is 0 Å². The molecule has 3 rings (SSSR count). The predicted molar refractivity (Wildman–Crippen MR) is 111 cm³/mol. The molecular formula is C25H32. The van der Waals surface area contributed by atoms with Crippen LogP contribution in [0.3, 0.4) is 0 Å². The number of hydrogen-bond acceptors (Lipinski definition) is 0. The third-order valence-corrected chi connectivity index (χ3v) is 5.40. The summed E-state index contributed by atoms with van der Waals surface area (Å²) in [6.07, 6.45) is 14.0. The van der Waals surface area contributed by atoms with Gasteiger partial charge in [-0.15, -0.1) is 0 Å². The van der Waals surface area contributed by atoms with Gasteiger partial charge in [-0.1, -0.05) is 93.6 Å². The van der Waals surface area contributed by atoms with E-state index in [0.717, 1.165) is 6.42 Å². The third kappa shape index (κ3) is 4.63. The summed E-state index contributed by atoms with van der Waals surface area (Å²) in [6, 6.07) is 16.1. The molecule has 0 aliphatic heterocycles. The molecule has 0 saturated heterocycles. The van der Waals surface area contributed by atoms with Crippen LogP contribution in [0, 0.1) is 0 Å². The first-order valence-electron chi connectivity index (χ1n) is 10.2. The summed E-state index contributed by atoms with van der Waals surface area (Å²) in [5.41, 5.74) is 8.82. The Balaban J connectivity index is 1.73. The molecule has 0 N–H and O–H groups in total. The molecule has 25 heavy (non-hydrogen) atoms. The maximum atomic E-state index is 2.46. The van der Waals surface area contributed by atoms with Gasteiger partial charge in [0.1, 0.15) is 0 Å². The highest BCUT2D eigenvalue weighted by molar-refractivity contribution is 5.80. The lowest BCUT2D eigenvalue weighted by molar-refractivity contribution is 0.667. The smallest absolute Gasteiger partial charge is 0.00576 e. The Bertz CT molecular complexity index is 703. The number of benzene rings is 2. The minimum atomic E-state index is 1.15. The van der Waals surface area contributed by atoms with Crippen molar-refractivity contribution in [2.45, 2.75) is 71.6 Å². The monoisotopic (exact) mass is 332 g/mol. The van der Waals surface area contributed by atoms with E-state index in [1.54, 1.807) is 5.57 Å². The number of rotatable bonds is 9. The summed E-state index contributed by atoms with van der Waals surface area (Å²) in [4.78, 5) is 0. The summed E-state index contributed by atoms with van der Waals surface area (Å²) in [5, 5.41) is 0. The van der Waals surface area contributed by atoms with E-state index in [4.69, 9.17) is 0 Å². The summed E-state index contributed by atoms with van der Waals surface area (Å²) >= 11 is 0. The van der Waals surface area contributed by atoms with Crippen LogP contribution in [0.1, 0.15) is 75.5 Å². The highest BCUT2D eigenvalue weighted by atomic mass is 14.2. The molecule has 0 fully saturated rings. The topological polar surface area (TPSA) is 0 Å². The Labute approximate surface area is 154 Å². The SMILES string of the molecule is CCCCCCc1ccc(-c2cccc3c2C=C(CCCC)C3)cc1. The second kappa shape index (κ2) is 9.04. The normalized spacial score (nSPS) is 13.0. The minimum Gasteiger partial charge on any atom is -0.0654 e. The molecule has 0 heterocycles. The average molecular weight is 333 g/mol. The molecule has 0 radical (unpaired) electrons. The van der Waals surface area contributed by atoms with Gasteiger partial charge in [-0.2, -0.15) is 0 Å². The quantitative estimate of drug-likeness (QED) is 0.414. The molecule has 0 heteroatoms. The second-order valence-electron chi connectivity index (χ2n) is 7.47. The Hall–Kier alpha value is -1.82. The average Bonchev–Trinajstić information content (AvgIpc) is 3.07. The van der Waals surface area contributed by atoms with Gasteiger partial charge in [-0.25, -0.2) is 0 Å². The lowest BCUT2D eigenvalue weighted by Gasteiger charge is -2.09. The van der Waals surface area contributed by atoms with Crippen molar-refractivity contribution in [3.63, 3.8) is 0 Å². The van der Waals surface area contributed by atoms with Gasteiger partial charge in [0, 0.05) is 0 Å². The van der Waals surface area contributed by atoms with E-state index < -0.39 is 0 Å². The Morgan fingerprint density at radius 2 is 1.56 bits per heavy atom. The molecule has 1 aliphatic rings. The van der Waals surface area contributed by atoms with Crippen LogP contribution in [0.5, 0.6) is 0 Å². The van der Waals surface area contributed by atoms with E-state index in [0.29, 0.717) is 0 Å². The van der Waals surface area contributed by atoms with Crippen LogP contribution in [0.2, 0.25) is 0 Å². The van der Waals surface area contributed by atoms with E-state index in [1.165, 1.54) is 79.2 Å². The molecule has 1 aliphatic carbocycles.